The van der Waals surface area contributed by atoms with E-state index in [2.05, 4.69) is 10.3 Å². The number of nitrogens with zero attached hydrogens (tertiary/aromatic N) is 3. The van der Waals surface area contributed by atoms with E-state index in [-0.39, 0.29) is 25.5 Å². The van der Waals surface area contributed by atoms with Crippen LogP contribution < -0.4 is 5.73 Å². The fraction of sp³-hybridized carbons (Fsp3) is 0.667. The molecule has 0 spiro atoms. The molecule has 1 aromatic rings. The van der Waals surface area contributed by atoms with E-state index in [1.54, 1.807) is 6.92 Å². The van der Waals surface area contributed by atoms with Gasteiger partial charge in [0.2, 0.25) is 0 Å². The van der Waals surface area contributed by atoms with Crippen molar-refractivity contribution in [2.45, 2.75) is 26.4 Å². The second-order valence-corrected chi connectivity index (χ2v) is 3.11. The number of aliphatic hydroxyl groups is 1. The van der Waals surface area contributed by atoms with Crippen molar-refractivity contribution in [1.82, 2.24) is 15.0 Å². The number of rotatable bonds is 6. The maximum atomic E-state index is 11.5. The van der Waals surface area contributed by atoms with Gasteiger partial charge in [-0.1, -0.05) is 5.21 Å². The van der Waals surface area contributed by atoms with Crippen LogP contribution in [0.2, 0.25) is 0 Å². The Morgan fingerprint density at radius 2 is 2.38 bits per heavy atom. The van der Waals surface area contributed by atoms with Crippen molar-refractivity contribution in [3.8, 4) is 0 Å². The molecule has 0 aliphatic heterocycles. The second kappa shape index (κ2) is 6.19. The van der Waals surface area contributed by atoms with Crippen LogP contribution in [0.4, 0.5) is 0 Å². The summed E-state index contributed by atoms with van der Waals surface area (Å²) in [5.41, 5.74) is 6.22. The zero-order chi connectivity index (χ0) is 12.0. The molecule has 0 radical (unpaired) electrons. The first-order valence-corrected chi connectivity index (χ1v) is 5.15. The Morgan fingerprint density at radius 1 is 1.62 bits per heavy atom. The summed E-state index contributed by atoms with van der Waals surface area (Å²) in [4.78, 5) is 11.5. The Bertz CT molecular complexity index is 351. The first kappa shape index (κ1) is 12.6. The number of nitrogens with two attached hydrogens (primary N) is 1. The molecule has 7 heteroatoms. The average Bonchev–Trinajstić information content (AvgIpc) is 2.69. The highest BCUT2D eigenvalue weighted by Crippen LogP contribution is 2.07. The average molecular weight is 228 g/mol. The number of aliphatic hydroxyl groups excluding tert-OH is 1. The van der Waals surface area contributed by atoms with Crippen molar-refractivity contribution in [3.05, 3.63) is 11.4 Å². The van der Waals surface area contributed by atoms with Crippen LogP contribution in [0.5, 0.6) is 0 Å². The maximum Gasteiger partial charge on any atom is 0.360 e. The van der Waals surface area contributed by atoms with Crippen LogP contribution in [0.1, 0.15) is 29.5 Å². The largest absolute Gasteiger partial charge is 0.461 e. The van der Waals surface area contributed by atoms with Gasteiger partial charge < -0.3 is 15.6 Å². The van der Waals surface area contributed by atoms with E-state index in [1.165, 1.54) is 4.68 Å². The third-order valence-electron chi connectivity index (χ3n) is 2.03. The lowest BCUT2D eigenvalue weighted by atomic mass is 10.3. The normalized spacial score (nSPS) is 10.4. The fourth-order valence-electron chi connectivity index (χ4n) is 1.29. The van der Waals surface area contributed by atoms with Gasteiger partial charge >= 0.3 is 5.97 Å². The van der Waals surface area contributed by atoms with Crippen molar-refractivity contribution in [1.29, 1.82) is 0 Å². The molecule has 16 heavy (non-hydrogen) atoms. The number of hydrogen-bond donors (Lipinski definition) is 2. The highest BCUT2D eigenvalue weighted by atomic mass is 16.5. The van der Waals surface area contributed by atoms with Crippen LogP contribution in [-0.2, 0) is 17.8 Å². The molecule has 3 N–H and O–H groups in total. The first-order chi connectivity index (χ1) is 7.74. The van der Waals surface area contributed by atoms with Gasteiger partial charge in [-0.2, -0.15) is 0 Å². The molecule has 0 amide bonds. The first-order valence-electron chi connectivity index (χ1n) is 5.15. The molecule has 0 saturated heterocycles. The molecular formula is C9H16N4O3. The zero-order valence-corrected chi connectivity index (χ0v) is 9.22. The summed E-state index contributed by atoms with van der Waals surface area (Å²) in [5.74, 6) is -0.516. The topological polar surface area (TPSA) is 103 Å². The lowest BCUT2D eigenvalue weighted by molar-refractivity contribution is 0.0518. The Morgan fingerprint density at radius 3 is 2.94 bits per heavy atom. The van der Waals surface area contributed by atoms with Gasteiger partial charge in [0.25, 0.3) is 0 Å². The van der Waals surface area contributed by atoms with Crippen LogP contribution in [-0.4, -0.2) is 39.3 Å². The minimum Gasteiger partial charge on any atom is -0.461 e. The van der Waals surface area contributed by atoms with E-state index in [0.717, 1.165) is 0 Å². The molecule has 90 valence electrons. The molecule has 7 nitrogen and oxygen atoms in total. The summed E-state index contributed by atoms with van der Waals surface area (Å²) in [6.07, 6.45) is 0.540. The van der Waals surface area contributed by atoms with Crippen molar-refractivity contribution >= 4 is 5.97 Å². The minimum atomic E-state index is -0.516. The number of aryl methyl sites for hydroxylation is 1. The van der Waals surface area contributed by atoms with E-state index in [9.17, 15) is 4.79 Å². The lowest BCUT2D eigenvalue weighted by Gasteiger charge is -2.04. The van der Waals surface area contributed by atoms with E-state index < -0.39 is 5.97 Å². The SMILES string of the molecule is CCOC(=O)c1nnn(CCCO)c1CN. The molecule has 1 rings (SSSR count). The summed E-state index contributed by atoms with van der Waals surface area (Å²) in [7, 11) is 0. The number of carbonyl (C=O) groups excluding carboxylic acids is 1. The van der Waals surface area contributed by atoms with Crippen LogP contribution in [0.15, 0.2) is 0 Å². The van der Waals surface area contributed by atoms with Crippen LogP contribution >= 0.6 is 0 Å². The summed E-state index contributed by atoms with van der Waals surface area (Å²) < 4.78 is 6.34. The van der Waals surface area contributed by atoms with E-state index in [1.807, 2.05) is 0 Å². The van der Waals surface area contributed by atoms with Gasteiger partial charge in [-0.15, -0.1) is 5.10 Å². The van der Waals surface area contributed by atoms with Gasteiger partial charge in [-0.05, 0) is 13.3 Å². The Kier molecular flexibility index (Phi) is 4.87. The standard InChI is InChI=1S/C9H16N4O3/c1-2-16-9(15)8-7(6-10)13(12-11-8)4-3-5-14/h14H,2-6,10H2,1H3. The number of esters is 1. The molecule has 0 aliphatic rings. The molecule has 1 heterocycles. The molecule has 1 aromatic heterocycles. The Balaban J connectivity index is 2.85. The van der Waals surface area contributed by atoms with Gasteiger partial charge in [0.15, 0.2) is 5.69 Å². The van der Waals surface area contributed by atoms with Crippen molar-refractivity contribution in [3.63, 3.8) is 0 Å². The van der Waals surface area contributed by atoms with E-state index in [4.69, 9.17) is 15.6 Å². The summed E-state index contributed by atoms with van der Waals surface area (Å²) >= 11 is 0. The Hall–Kier alpha value is -1.47. The summed E-state index contributed by atoms with van der Waals surface area (Å²) in [6, 6.07) is 0. The Labute approximate surface area is 93.2 Å². The molecule has 0 aromatic carbocycles. The fourth-order valence-corrected chi connectivity index (χ4v) is 1.29. The summed E-state index contributed by atoms with van der Waals surface area (Å²) in [5, 5.41) is 16.2. The van der Waals surface area contributed by atoms with Gasteiger partial charge in [0, 0.05) is 19.7 Å². The molecule has 0 aliphatic carbocycles. The number of aromatic nitrogens is 3. The minimum absolute atomic E-state index is 0.0542. The monoisotopic (exact) mass is 228 g/mol. The molecule has 0 saturated carbocycles. The molecule has 0 atom stereocenters. The van der Waals surface area contributed by atoms with Crippen LogP contribution in [0.25, 0.3) is 0 Å². The van der Waals surface area contributed by atoms with Crippen molar-refractivity contribution in [2.75, 3.05) is 13.2 Å². The van der Waals surface area contributed by atoms with Gasteiger partial charge in [-0.3, -0.25) is 0 Å². The van der Waals surface area contributed by atoms with E-state index in [0.29, 0.717) is 18.7 Å². The van der Waals surface area contributed by atoms with Crippen molar-refractivity contribution < 1.29 is 14.6 Å². The predicted molar refractivity (Wildman–Crippen MR) is 55.6 cm³/mol. The van der Waals surface area contributed by atoms with Gasteiger partial charge in [0.05, 0.1) is 12.3 Å². The summed E-state index contributed by atoms with van der Waals surface area (Å²) in [6.45, 7) is 2.70. The molecule has 0 unspecified atom stereocenters. The third kappa shape index (κ3) is 2.77. The molecule has 0 fully saturated rings. The smallest absolute Gasteiger partial charge is 0.360 e. The second-order valence-electron chi connectivity index (χ2n) is 3.11. The maximum absolute atomic E-state index is 11.5. The number of carbonyl (C=O) groups is 1. The highest BCUT2D eigenvalue weighted by molar-refractivity contribution is 5.88. The van der Waals surface area contributed by atoms with Crippen molar-refractivity contribution in [2.24, 2.45) is 5.73 Å². The lowest BCUT2D eigenvalue weighted by Crippen LogP contribution is -2.14. The van der Waals surface area contributed by atoms with Crippen LogP contribution in [0, 0.1) is 0 Å². The van der Waals surface area contributed by atoms with Gasteiger partial charge in [0.1, 0.15) is 0 Å². The molecular weight excluding hydrogens is 212 g/mol. The van der Waals surface area contributed by atoms with Crippen LogP contribution in [0.3, 0.4) is 0 Å². The number of ether oxygens (including phenoxy) is 1. The number of hydrogen-bond acceptors (Lipinski definition) is 6. The zero-order valence-electron chi connectivity index (χ0n) is 9.22. The third-order valence-corrected chi connectivity index (χ3v) is 2.03. The molecule has 0 bridgehead atoms. The van der Waals surface area contributed by atoms with E-state index >= 15 is 0 Å². The highest BCUT2D eigenvalue weighted by Gasteiger charge is 2.19. The van der Waals surface area contributed by atoms with Gasteiger partial charge in [-0.25, -0.2) is 9.48 Å². The quantitative estimate of drug-likeness (QED) is 0.624. The predicted octanol–water partition coefficient (Wildman–Crippen LogP) is -0.704.